The maximum absolute atomic E-state index is 12.3. The van der Waals surface area contributed by atoms with Crippen molar-refractivity contribution in [2.45, 2.75) is 6.42 Å². The molecule has 2 heterocycles. The predicted octanol–water partition coefficient (Wildman–Crippen LogP) is 0.0324. The monoisotopic (exact) mass is 298 g/mol. The topological polar surface area (TPSA) is 107 Å². The zero-order chi connectivity index (χ0) is 16.1. The average Bonchev–Trinajstić information content (AvgIpc) is 2.96. The smallest absolute Gasteiger partial charge is 0.292 e. The Hall–Kier alpha value is -3.21. The van der Waals surface area contributed by atoms with Crippen molar-refractivity contribution in [2.75, 3.05) is 13.1 Å². The molecule has 0 aliphatic rings. The number of carbonyl (C=O) groups excluding carboxylic acids is 1. The Bertz CT molecular complexity index is 816. The molecule has 0 saturated heterocycles. The fourth-order valence-electron chi connectivity index (χ4n) is 1.99. The van der Waals surface area contributed by atoms with Crippen LogP contribution in [0, 0.1) is 11.3 Å². The van der Waals surface area contributed by atoms with Gasteiger partial charge in [-0.15, -0.1) is 13.2 Å². The van der Waals surface area contributed by atoms with Crippen molar-refractivity contribution in [3.05, 3.63) is 53.2 Å². The molecule has 0 fully saturated rings. The third kappa shape index (κ3) is 2.78. The second-order valence-corrected chi connectivity index (χ2v) is 4.43. The molecule has 0 spiro atoms. The molecule has 0 aliphatic heterocycles. The highest BCUT2D eigenvalue weighted by atomic mass is 16.2. The largest absolute Gasteiger partial charge is 0.335 e. The summed E-state index contributed by atoms with van der Waals surface area (Å²) < 4.78 is 1.05. The summed E-state index contributed by atoms with van der Waals surface area (Å²) in [6.07, 6.45) is 4.30. The van der Waals surface area contributed by atoms with Crippen LogP contribution in [0.15, 0.2) is 36.4 Å². The third-order valence-corrected chi connectivity index (χ3v) is 2.99. The van der Waals surface area contributed by atoms with Gasteiger partial charge in [-0.1, -0.05) is 12.2 Å². The number of aromatic amines is 1. The first-order valence-corrected chi connectivity index (χ1v) is 6.47. The van der Waals surface area contributed by atoms with Gasteiger partial charge in [0.2, 0.25) is 5.91 Å². The van der Waals surface area contributed by atoms with Gasteiger partial charge in [0.05, 0.1) is 12.1 Å². The minimum absolute atomic E-state index is 0.114. The number of rotatable bonds is 6. The van der Waals surface area contributed by atoms with Crippen LogP contribution < -0.4 is 5.56 Å². The number of hydrogen-bond donors (Lipinski definition) is 1. The van der Waals surface area contributed by atoms with Crippen molar-refractivity contribution in [2.24, 2.45) is 0 Å². The minimum Gasteiger partial charge on any atom is -0.335 e. The number of nitriles is 1. The average molecular weight is 298 g/mol. The first kappa shape index (κ1) is 15.2. The summed E-state index contributed by atoms with van der Waals surface area (Å²) in [5.41, 5.74) is -0.637. The Morgan fingerprint density at radius 3 is 2.73 bits per heavy atom. The molecule has 0 aromatic carbocycles. The van der Waals surface area contributed by atoms with Gasteiger partial charge in [-0.3, -0.25) is 14.7 Å². The molecular formula is C14H14N6O2. The zero-order valence-corrected chi connectivity index (χ0v) is 11.8. The van der Waals surface area contributed by atoms with Crippen molar-refractivity contribution in [1.82, 2.24) is 24.5 Å². The first-order chi connectivity index (χ1) is 10.6. The summed E-state index contributed by atoms with van der Waals surface area (Å²) in [5, 5.41) is 11.7. The van der Waals surface area contributed by atoms with E-state index in [-0.39, 0.29) is 29.4 Å². The van der Waals surface area contributed by atoms with Crippen LogP contribution >= 0.6 is 0 Å². The van der Waals surface area contributed by atoms with E-state index in [9.17, 15) is 9.59 Å². The highest BCUT2D eigenvalue weighted by Crippen LogP contribution is 2.05. The molecular weight excluding hydrogens is 284 g/mol. The standard InChI is InChI=1S/C14H14N6O2/c1-3-5-19(6-4-2)12(21)7-11-10(8-15)13(22)20-14(18-11)16-9-17-20/h3-4,9H,1-2,5-7H2,(H,16,17,18). The van der Waals surface area contributed by atoms with E-state index in [1.807, 2.05) is 0 Å². The van der Waals surface area contributed by atoms with Gasteiger partial charge in [0, 0.05) is 13.1 Å². The fourth-order valence-corrected chi connectivity index (χ4v) is 1.99. The van der Waals surface area contributed by atoms with E-state index < -0.39 is 5.56 Å². The fraction of sp³-hybridized carbons (Fsp3) is 0.214. The highest BCUT2D eigenvalue weighted by Gasteiger charge is 2.19. The van der Waals surface area contributed by atoms with E-state index in [1.165, 1.54) is 11.2 Å². The Labute approximate surface area is 126 Å². The molecule has 2 aromatic heterocycles. The molecule has 112 valence electrons. The number of H-pyrrole nitrogens is 1. The quantitative estimate of drug-likeness (QED) is 0.757. The second kappa shape index (κ2) is 6.49. The van der Waals surface area contributed by atoms with E-state index in [4.69, 9.17) is 5.26 Å². The molecule has 2 rings (SSSR count). The van der Waals surface area contributed by atoms with Crippen LogP contribution in [0.5, 0.6) is 0 Å². The second-order valence-electron chi connectivity index (χ2n) is 4.43. The zero-order valence-electron chi connectivity index (χ0n) is 11.8. The van der Waals surface area contributed by atoms with E-state index in [0.717, 1.165) is 4.52 Å². The van der Waals surface area contributed by atoms with Crippen molar-refractivity contribution in [3.8, 4) is 6.07 Å². The maximum atomic E-state index is 12.3. The summed E-state index contributed by atoms with van der Waals surface area (Å²) in [5.74, 6) is -0.158. The van der Waals surface area contributed by atoms with E-state index in [0.29, 0.717) is 13.1 Å². The molecule has 0 unspecified atom stereocenters. The van der Waals surface area contributed by atoms with Gasteiger partial charge in [-0.25, -0.2) is 9.97 Å². The van der Waals surface area contributed by atoms with Crippen LogP contribution in [0.1, 0.15) is 11.3 Å². The van der Waals surface area contributed by atoms with Crippen LogP contribution in [0.2, 0.25) is 0 Å². The lowest BCUT2D eigenvalue weighted by atomic mass is 10.1. The lowest BCUT2D eigenvalue weighted by molar-refractivity contribution is -0.129. The number of nitrogens with zero attached hydrogens (tertiary/aromatic N) is 5. The number of fused-ring (bicyclic) bond motifs is 1. The van der Waals surface area contributed by atoms with Gasteiger partial charge in [-0.2, -0.15) is 9.78 Å². The van der Waals surface area contributed by atoms with E-state index in [1.54, 1.807) is 18.2 Å². The maximum Gasteiger partial charge on any atom is 0.292 e. The molecule has 2 aromatic rings. The predicted molar refractivity (Wildman–Crippen MR) is 79.0 cm³/mol. The van der Waals surface area contributed by atoms with Crippen molar-refractivity contribution in [3.63, 3.8) is 0 Å². The van der Waals surface area contributed by atoms with Crippen molar-refractivity contribution >= 4 is 11.7 Å². The van der Waals surface area contributed by atoms with Crippen molar-refractivity contribution < 1.29 is 4.79 Å². The number of aromatic nitrogens is 4. The van der Waals surface area contributed by atoms with Crippen LogP contribution in [-0.2, 0) is 11.2 Å². The molecule has 8 nitrogen and oxygen atoms in total. The summed E-state index contributed by atoms with van der Waals surface area (Å²) >= 11 is 0. The first-order valence-electron chi connectivity index (χ1n) is 6.47. The summed E-state index contributed by atoms with van der Waals surface area (Å²) in [7, 11) is 0. The lowest BCUT2D eigenvalue weighted by Gasteiger charge is -2.19. The molecule has 8 heteroatoms. The molecule has 0 atom stereocenters. The minimum atomic E-state index is -0.577. The normalized spacial score (nSPS) is 10.1. The van der Waals surface area contributed by atoms with Crippen molar-refractivity contribution in [1.29, 1.82) is 5.26 Å². The van der Waals surface area contributed by atoms with Crippen LogP contribution in [0.4, 0.5) is 0 Å². The Morgan fingerprint density at radius 1 is 1.45 bits per heavy atom. The van der Waals surface area contributed by atoms with Gasteiger partial charge >= 0.3 is 0 Å². The van der Waals surface area contributed by atoms with Gasteiger partial charge in [0.1, 0.15) is 18.0 Å². The summed E-state index contributed by atoms with van der Waals surface area (Å²) in [6.45, 7) is 7.87. The number of nitrogens with one attached hydrogen (secondary N) is 1. The number of carbonyl (C=O) groups is 1. The molecule has 0 saturated carbocycles. The van der Waals surface area contributed by atoms with E-state index >= 15 is 0 Å². The SMILES string of the molecule is C=CCN(CC=C)C(=O)Cc1nc2nc[nH]n2c(=O)c1C#N. The number of amides is 1. The molecule has 22 heavy (non-hydrogen) atoms. The van der Waals surface area contributed by atoms with E-state index in [2.05, 4.69) is 28.2 Å². The lowest BCUT2D eigenvalue weighted by Crippen LogP contribution is -2.34. The number of hydrogen-bond acceptors (Lipinski definition) is 5. The Kier molecular flexibility index (Phi) is 4.48. The van der Waals surface area contributed by atoms with Gasteiger partial charge in [0.15, 0.2) is 0 Å². The molecule has 0 aliphatic carbocycles. The van der Waals surface area contributed by atoms with Gasteiger partial charge < -0.3 is 4.90 Å². The highest BCUT2D eigenvalue weighted by molar-refractivity contribution is 5.79. The molecule has 1 N–H and O–H groups in total. The third-order valence-electron chi connectivity index (χ3n) is 2.99. The van der Waals surface area contributed by atoms with Crippen LogP contribution in [-0.4, -0.2) is 43.5 Å². The molecule has 1 amide bonds. The van der Waals surface area contributed by atoms with Gasteiger partial charge in [0.25, 0.3) is 11.3 Å². The molecule has 0 bridgehead atoms. The van der Waals surface area contributed by atoms with Crippen LogP contribution in [0.3, 0.4) is 0 Å². The molecule has 0 radical (unpaired) electrons. The summed E-state index contributed by atoms with van der Waals surface area (Å²) in [6, 6.07) is 1.80. The summed E-state index contributed by atoms with van der Waals surface area (Å²) in [4.78, 5) is 33.9. The Morgan fingerprint density at radius 2 is 2.14 bits per heavy atom. The van der Waals surface area contributed by atoms with Crippen LogP contribution in [0.25, 0.3) is 5.78 Å². The van der Waals surface area contributed by atoms with Gasteiger partial charge in [-0.05, 0) is 0 Å². The Balaban J connectivity index is 2.40.